The lowest BCUT2D eigenvalue weighted by molar-refractivity contribution is -0.137. The van der Waals surface area contributed by atoms with Crippen molar-refractivity contribution >= 4 is 5.78 Å². The zero-order chi connectivity index (χ0) is 15.6. The molecule has 1 aromatic heterocycles. The summed E-state index contributed by atoms with van der Waals surface area (Å²) in [7, 11) is 1.79. The van der Waals surface area contributed by atoms with Crippen LogP contribution >= 0.6 is 0 Å². The number of carbonyl (C=O) groups excluding carboxylic acids is 1. The second-order valence-electron chi connectivity index (χ2n) is 7.50. The van der Waals surface area contributed by atoms with Gasteiger partial charge in [0.05, 0.1) is 5.69 Å². The monoisotopic (exact) mass is 288 g/mol. The van der Waals surface area contributed by atoms with E-state index in [-0.39, 0.29) is 22.3 Å². The zero-order valence-corrected chi connectivity index (χ0v) is 13.6. The molecule has 2 aliphatic carbocycles. The van der Waals surface area contributed by atoms with Crippen molar-refractivity contribution in [3.63, 3.8) is 0 Å². The van der Waals surface area contributed by atoms with Gasteiger partial charge >= 0.3 is 0 Å². The van der Waals surface area contributed by atoms with Crippen molar-refractivity contribution in [1.29, 1.82) is 0 Å². The molecule has 0 amide bonds. The number of rotatable bonds is 0. The van der Waals surface area contributed by atoms with Crippen LogP contribution < -0.4 is 5.56 Å². The molecule has 2 aliphatic rings. The van der Waals surface area contributed by atoms with Crippen LogP contribution in [0.4, 0.5) is 0 Å². The first-order valence-corrected chi connectivity index (χ1v) is 7.80. The minimum Gasteiger partial charge on any atom is -0.300 e. The molecule has 114 valence electrons. The lowest BCUT2D eigenvalue weighted by atomic mass is 9.51. The molecule has 4 heteroatoms. The molecule has 21 heavy (non-hydrogen) atoms. The van der Waals surface area contributed by atoms with Gasteiger partial charge in [-0.2, -0.15) is 0 Å². The fourth-order valence-corrected chi connectivity index (χ4v) is 4.56. The Hall–Kier alpha value is -1.45. The van der Waals surface area contributed by atoms with E-state index in [2.05, 4.69) is 20.8 Å². The van der Waals surface area contributed by atoms with E-state index in [9.17, 15) is 9.59 Å². The van der Waals surface area contributed by atoms with Crippen LogP contribution in [0, 0.1) is 18.3 Å². The average Bonchev–Trinajstić information content (AvgIpc) is 2.42. The molecule has 1 fully saturated rings. The number of nitrogens with zero attached hydrogens (tertiary/aromatic N) is 2. The fraction of sp³-hybridized carbons (Fsp3) is 0.706. The summed E-state index contributed by atoms with van der Waals surface area (Å²) in [6, 6.07) is 0. The first-order chi connectivity index (χ1) is 9.69. The smallest absolute Gasteiger partial charge is 0.256 e. The number of carbonyl (C=O) groups is 1. The third kappa shape index (κ3) is 1.77. The van der Waals surface area contributed by atoms with Gasteiger partial charge in [0, 0.05) is 29.9 Å². The van der Waals surface area contributed by atoms with Crippen LogP contribution in [0.25, 0.3) is 0 Å². The number of fused-ring (bicyclic) bond motifs is 3. The number of aryl methyl sites for hydroxylation is 1. The Bertz CT molecular complexity index is 687. The van der Waals surface area contributed by atoms with Crippen molar-refractivity contribution in [2.45, 2.75) is 58.8 Å². The summed E-state index contributed by atoms with van der Waals surface area (Å²) in [6.07, 6.45) is 3.05. The lowest BCUT2D eigenvalue weighted by Crippen LogP contribution is -2.53. The van der Waals surface area contributed by atoms with Crippen molar-refractivity contribution < 1.29 is 4.79 Å². The maximum atomic E-state index is 12.5. The van der Waals surface area contributed by atoms with Crippen molar-refractivity contribution in [2.75, 3.05) is 0 Å². The van der Waals surface area contributed by atoms with Gasteiger partial charge in [-0.25, -0.2) is 4.98 Å². The summed E-state index contributed by atoms with van der Waals surface area (Å²) in [6.45, 7) is 8.22. The van der Waals surface area contributed by atoms with Crippen LogP contribution in [0.15, 0.2) is 4.79 Å². The second kappa shape index (κ2) is 4.28. The van der Waals surface area contributed by atoms with Crippen LogP contribution in [0.3, 0.4) is 0 Å². The maximum Gasteiger partial charge on any atom is 0.256 e. The minimum atomic E-state index is -0.318. The Morgan fingerprint density at radius 2 is 1.86 bits per heavy atom. The molecule has 0 bridgehead atoms. The summed E-state index contributed by atoms with van der Waals surface area (Å²) in [5.74, 6) is 1.39. The van der Waals surface area contributed by atoms with E-state index < -0.39 is 0 Å². The molecule has 0 saturated heterocycles. The SMILES string of the molecule is Cc1nc2c(c(=O)n1C)CCC1C(C)(C)C(=O)CCC21C. The molecule has 0 radical (unpaired) electrons. The largest absolute Gasteiger partial charge is 0.300 e. The normalized spacial score (nSPS) is 30.7. The van der Waals surface area contributed by atoms with Crippen LogP contribution in [0.1, 0.15) is 57.1 Å². The molecule has 2 unspecified atom stereocenters. The van der Waals surface area contributed by atoms with Gasteiger partial charge in [0.2, 0.25) is 0 Å². The van der Waals surface area contributed by atoms with E-state index >= 15 is 0 Å². The standard InChI is InChI=1S/C17H24N2O2/c1-10-18-14-11(15(21)19(10)5)6-7-12-16(2,3)13(20)8-9-17(12,14)4/h12H,6-9H2,1-5H3. The molecular weight excluding hydrogens is 264 g/mol. The molecule has 0 N–H and O–H groups in total. The second-order valence-corrected chi connectivity index (χ2v) is 7.50. The third-order valence-corrected chi connectivity index (χ3v) is 6.06. The number of ketones is 1. The van der Waals surface area contributed by atoms with Crippen molar-refractivity contribution in [1.82, 2.24) is 9.55 Å². The predicted octanol–water partition coefficient (Wildman–Crippen LogP) is 2.30. The minimum absolute atomic E-state index is 0.0897. The highest BCUT2D eigenvalue weighted by molar-refractivity contribution is 5.86. The van der Waals surface area contributed by atoms with Crippen molar-refractivity contribution in [3.05, 3.63) is 27.4 Å². The Kier molecular flexibility index (Phi) is 2.95. The highest BCUT2D eigenvalue weighted by Gasteiger charge is 2.54. The van der Waals surface area contributed by atoms with Crippen LogP contribution in [0.2, 0.25) is 0 Å². The topological polar surface area (TPSA) is 52.0 Å². The quantitative estimate of drug-likeness (QED) is 0.736. The van der Waals surface area contributed by atoms with E-state index in [0.29, 0.717) is 12.2 Å². The van der Waals surface area contributed by atoms with Crippen molar-refractivity contribution in [2.24, 2.45) is 18.4 Å². The number of hydrogen-bond donors (Lipinski definition) is 0. The van der Waals surface area contributed by atoms with Gasteiger partial charge in [-0.05, 0) is 32.1 Å². The Labute approximate surface area is 125 Å². The molecule has 0 spiro atoms. The van der Waals surface area contributed by atoms with Crippen molar-refractivity contribution in [3.8, 4) is 0 Å². The van der Waals surface area contributed by atoms with E-state index in [0.717, 1.165) is 36.3 Å². The van der Waals surface area contributed by atoms with Gasteiger partial charge in [0.15, 0.2) is 0 Å². The summed E-state index contributed by atoms with van der Waals surface area (Å²) in [4.78, 5) is 29.6. The first-order valence-electron chi connectivity index (χ1n) is 7.80. The molecular formula is C17H24N2O2. The zero-order valence-electron chi connectivity index (χ0n) is 13.6. The molecule has 1 aromatic rings. The van der Waals surface area contributed by atoms with Crippen LogP contribution in [-0.2, 0) is 23.7 Å². The summed E-state index contributed by atoms with van der Waals surface area (Å²) in [5.41, 5.74) is 1.45. The first kappa shape index (κ1) is 14.5. The Morgan fingerprint density at radius 3 is 2.52 bits per heavy atom. The Morgan fingerprint density at radius 1 is 1.19 bits per heavy atom. The van der Waals surface area contributed by atoms with E-state index in [4.69, 9.17) is 4.98 Å². The maximum absolute atomic E-state index is 12.5. The molecule has 0 aromatic carbocycles. The van der Waals surface area contributed by atoms with Crippen LogP contribution in [0.5, 0.6) is 0 Å². The molecule has 1 saturated carbocycles. The number of hydrogen-bond acceptors (Lipinski definition) is 3. The average molecular weight is 288 g/mol. The van der Waals surface area contributed by atoms with Crippen LogP contribution in [-0.4, -0.2) is 15.3 Å². The predicted molar refractivity (Wildman–Crippen MR) is 81.4 cm³/mol. The van der Waals surface area contributed by atoms with E-state index in [1.807, 2.05) is 6.92 Å². The van der Waals surface area contributed by atoms with Gasteiger partial charge in [0.25, 0.3) is 5.56 Å². The highest BCUT2D eigenvalue weighted by Crippen LogP contribution is 2.54. The van der Waals surface area contributed by atoms with E-state index in [1.165, 1.54) is 0 Å². The van der Waals surface area contributed by atoms with Gasteiger partial charge in [-0.3, -0.25) is 14.2 Å². The van der Waals surface area contributed by atoms with Gasteiger partial charge in [-0.1, -0.05) is 20.8 Å². The Balaban J connectivity index is 2.24. The molecule has 0 aliphatic heterocycles. The van der Waals surface area contributed by atoms with Gasteiger partial charge in [0.1, 0.15) is 11.6 Å². The molecule has 4 nitrogen and oxygen atoms in total. The highest BCUT2D eigenvalue weighted by atomic mass is 16.1. The summed E-state index contributed by atoms with van der Waals surface area (Å²) in [5, 5.41) is 0. The third-order valence-electron chi connectivity index (χ3n) is 6.06. The van der Waals surface area contributed by atoms with Gasteiger partial charge < -0.3 is 0 Å². The van der Waals surface area contributed by atoms with Gasteiger partial charge in [-0.15, -0.1) is 0 Å². The number of aromatic nitrogens is 2. The van der Waals surface area contributed by atoms with E-state index in [1.54, 1.807) is 11.6 Å². The summed E-state index contributed by atoms with van der Waals surface area (Å²) >= 11 is 0. The fourth-order valence-electron chi connectivity index (χ4n) is 4.56. The molecule has 3 rings (SSSR count). The number of Topliss-reactive ketones (excluding diaryl/α,β-unsaturated/α-hetero) is 1. The summed E-state index contributed by atoms with van der Waals surface area (Å²) < 4.78 is 1.64. The lowest BCUT2D eigenvalue weighted by Gasteiger charge is -2.52. The molecule has 2 atom stereocenters. The molecule has 1 heterocycles.